The van der Waals surface area contributed by atoms with E-state index in [-0.39, 0.29) is 11.6 Å². The topological polar surface area (TPSA) is 78.3 Å². The number of halogens is 2. The number of amides is 1. The monoisotopic (exact) mass is 400 g/mol. The van der Waals surface area contributed by atoms with Crippen molar-refractivity contribution in [3.63, 3.8) is 0 Å². The molecule has 0 saturated heterocycles. The Kier molecular flexibility index (Phi) is 8.31. The van der Waals surface area contributed by atoms with Crippen molar-refractivity contribution < 1.29 is 14.3 Å². The third-order valence-electron chi connectivity index (χ3n) is 3.52. The SMILES string of the molecule is CCOC(Cn1cc(C(=O)NCCc2cccc(Cl)c2Cl)nn1)OCC. The molecule has 0 bridgehead atoms. The van der Waals surface area contributed by atoms with Crippen LogP contribution in [0.15, 0.2) is 24.4 Å². The van der Waals surface area contributed by atoms with Gasteiger partial charge in [-0.15, -0.1) is 5.10 Å². The molecule has 142 valence electrons. The van der Waals surface area contributed by atoms with Gasteiger partial charge in [-0.05, 0) is 31.9 Å². The normalized spacial score (nSPS) is 11.1. The maximum atomic E-state index is 12.2. The van der Waals surface area contributed by atoms with E-state index in [4.69, 9.17) is 32.7 Å². The summed E-state index contributed by atoms with van der Waals surface area (Å²) in [5.41, 5.74) is 1.10. The minimum Gasteiger partial charge on any atom is -0.351 e. The summed E-state index contributed by atoms with van der Waals surface area (Å²) in [4.78, 5) is 12.2. The zero-order valence-corrected chi connectivity index (χ0v) is 16.3. The van der Waals surface area contributed by atoms with Gasteiger partial charge >= 0.3 is 0 Å². The van der Waals surface area contributed by atoms with E-state index in [1.165, 1.54) is 4.68 Å². The molecule has 1 aromatic carbocycles. The highest BCUT2D eigenvalue weighted by atomic mass is 35.5. The summed E-state index contributed by atoms with van der Waals surface area (Å²) in [6.45, 7) is 5.60. The second-order valence-electron chi connectivity index (χ2n) is 5.38. The van der Waals surface area contributed by atoms with Crippen LogP contribution in [0.2, 0.25) is 10.0 Å². The smallest absolute Gasteiger partial charge is 0.273 e. The Morgan fingerprint density at radius 2 is 2.00 bits per heavy atom. The summed E-state index contributed by atoms with van der Waals surface area (Å²) >= 11 is 12.1. The highest BCUT2D eigenvalue weighted by Crippen LogP contribution is 2.25. The highest BCUT2D eigenvalue weighted by molar-refractivity contribution is 6.42. The number of hydrogen-bond acceptors (Lipinski definition) is 5. The Balaban J connectivity index is 1.86. The Hall–Kier alpha value is -1.67. The lowest BCUT2D eigenvalue weighted by molar-refractivity contribution is -0.145. The van der Waals surface area contributed by atoms with Crippen molar-refractivity contribution in [1.29, 1.82) is 0 Å². The number of carbonyl (C=O) groups excluding carboxylic acids is 1. The summed E-state index contributed by atoms with van der Waals surface area (Å²) < 4.78 is 12.4. The molecule has 0 aliphatic carbocycles. The molecule has 0 unspecified atom stereocenters. The lowest BCUT2D eigenvalue weighted by atomic mass is 10.1. The molecular formula is C17H22Cl2N4O3. The van der Waals surface area contributed by atoms with Gasteiger partial charge in [-0.25, -0.2) is 4.68 Å². The minimum absolute atomic E-state index is 0.230. The van der Waals surface area contributed by atoms with Gasteiger partial charge < -0.3 is 14.8 Å². The fraction of sp³-hybridized carbons (Fsp3) is 0.471. The largest absolute Gasteiger partial charge is 0.351 e. The molecule has 0 spiro atoms. The van der Waals surface area contributed by atoms with Crippen LogP contribution in [0.3, 0.4) is 0 Å². The second kappa shape index (κ2) is 10.5. The zero-order chi connectivity index (χ0) is 18.9. The van der Waals surface area contributed by atoms with E-state index < -0.39 is 6.29 Å². The van der Waals surface area contributed by atoms with Crippen molar-refractivity contribution in [3.05, 3.63) is 45.7 Å². The van der Waals surface area contributed by atoms with E-state index in [1.807, 2.05) is 26.0 Å². The molecule has 1 heterocycles. The predicted molar refractivity (Wildman–Crippen MR) is 99.6 cm³/mol. The van der Waals surface area contributed by atoms with Gasteiger partial charge in [0.1, 0.15) is 0 Å². The number of aromatic nitrogens is 3. The Labute approximate surface area is 162 Å². The molecule has 0 aliphatic heterocycles. The van der Waals surface area contributed by atoms with Crippen molar-refractivity contribution in [3.8, 4) is 0 Å². The molecule has 26 heavy (non-hydrogen) atoms. The number of rotatable bonds is 10. The molecule has 2 rings (SSSR count). The fourth-order valence-corrected chi connectivity index (χ4v) is 2.73. The molecule has 0 fully saturated rings. The van der Waals surface area contributed by atoms with Gasteiger partial charge in [0.2, 0.25) is 0 Å². The quantitative estimate of drug-likeness (QED) is 0.620. The van der Waals surface area contributed by atoms with E-state index in [0.717, 1.165) is 5.56 Å². The number of hydrogen-bond donors (Lipinski definition) is 1. The van der Waals surface area contributed by atoms with Gasteiger partial charge in [0, 0.05) is 19.8 Å². The standard InChI is InChI=1S/C17H22Cl2N4O3/c1-3-25-15(26-4-2)11-23-10-14(21-22-23)17(24)20-9-8-12-6-5-7-13(18)16(12)19/h5-7,10,15H,3-4,8-9,11H2,1-2H3,(H,20,24). The minimum atomic E-state index is -0.424. The lowest BCUT2D eigenvalue weighted by Crippen LogP contribution is -2.26. The van der Waals surface area contributed by atoms with Crippen LogP contribution in [0.25, 0.3) is 0 Å². The summed E-state index contributed by atoms with van der Waals surface area (Å²) in [7, 11) is 0. The Morgan fingerprint density at radius 1 is 1.27 bits per heavy atom. The molecule has 1 N–H and O–H groups in total. The van der Waals surface area contributed by atoms with Gasteiger partial charge in [0.25, 0.3) is 5.91 Å². The molecule has 0 radical (unpaired) electrons. The summed E-state index contributed by atoms with van der Waals surface area (Å²) in [5.74, 6) is -0.307. The molecule has 1 aromatic heterocycles. The fourth-order valence-electron chi connectivity index (χ4n) is 2.31. The summed E-state index contributed by atoms with van der Waals surface area (Å²) in [5, 5.41) is 11.6. The zero-order valence-electron chi connectivity index (χ0n) is 14.7. The first-order valence-electron chi connectivity index (χ1n) is 8.39. The van der Waals surface area contributed by atoms with Crippen LogP contribution in [0.1, 0.15) is 29.9 Å². The maximum Gasteiger partial charge on any atom is 0.273 e. The van der Waals surface area contributed by atoms with Gasteiger partial charge in [-0.2, -0.15) is 0 Å². The second-order valence-corrected chi connectivity index (χ2v) is 6.17. The van der Waals surface area contributed by atoms with Crippen molar-refractivity contribution in [2.45, 2.75) is 33.1 Å². The van der Waals surface area contributed by atoms with E-state index in [2.05, 4.69) is 15.6 Å². The average Bonchev–Trinajstić information content (AvgIpc) is 3.07. The van der Waals surface area contributed by atoms with Crippen LogP contribution in [-0.2, 0) is 22.4 Å². The maximum absolute atomic E-state index is 12.2. The van der Waals surface area contributed by atoms with Gasteiger partial charge in [-0.1, -0.05) is 40.5 Å². The van der Waals surface area contributed by atoms with E-state index >= 15 is 0 Å². The van der Waals surface area contributed by atoms with Crippen LogP contribution >= 0.6 is 23.2 Å². The highest BCUT2D eigenvalue weighted by Gasteiger charge is 2.14. The summed E-state index contributed by atoms with van der Waals surface area (Å²) in [6.07, 6.45) is 1.70. The molecule has 9 heteroatoms. The van der Waals surface area contributed by atoms with Crippen LogP contribution in [0, 0.1) is 0 Å². The number of benzene rings is 1. The molecule has 0 saturated carbocycles. The van der Waals surface area contributed by atoms with Crippen LogP contribution in [0.4, 0.5) is 0 Å². The van der Waals surface area contributed by atoms with Gasteiger partial charge in [-0.3, -0.25) is 4.79 Å². The number of ether oxygens (including phenoxy) is 2. The number of nitrogens with one attached hydrogen (secondary N) is 1. The summed E-state index contributed by atoms with van der Waals surface area (Å²) in [6, 6.07) is 5.42. The van der Waals surface area contributed by atoms with E-state index in [9.17, 15) is 4.79 Å². The molecule has 0 atom stereocenters. The Morgan fingerprint density at radius 3 is 2.69 bits per heavy atom. The first kappa shape index (κ1) is 20.6. The van der Waals surface area contributed by atoms with Gasteiger partial charge in [0.05, 0.1) is 22.8 Å². The van der Waals surface area contributed by atoms with E-state index in [0.29, 0.717) is 42.8 Å². The van der Waals surface area contributed by atoms with Gasteiger partial charge in [0.15, 0.2) is 12.0 Å². The number of carbonyl (C=O) groups is 1. The van der Waals surface area contributed by atoms with Crippen molar-refractivity contribution in [2.24, 2.45) is 0 Å². The van der Waals surface area contributed by atoms with Crippen molar-refractivity contribution >= 4 is 29.1 Å². The Bertz CT molecular complexity index is 718. The average molecular weight is 401 g/mol. The van der Waals surface area contributed by atoms with Crippen LogP contribution < -0.4 is 5.32 Å². The third-order valence-corrected chi connectivity index (χ3v) is 4.38. The molecule has 7 nitrogen and oxygen atoms in total. The van der Waals surface area contributed by atoms with Crippen molar-refractivity contribution in [1.82, 2.24) is 20.3 Å². The first-order valence-corrected chi connectivity index (χ1v) is 9.15. The molecule has 0 aliphatic rings. The predicted octanol–water partition coefficient (Wildman–Crippen LogP) is 2.96. The van der Waals surface area contributed by atoms with E-state index in [1.54, 1.807) is 12.3 Å². The van der Waals surface area contributed by atoms with Crippen molar-refractivity contribution in [2.75, 3.05) is 19.8 Å². The lowest BCUT2D eigenvalue weighted by Gasteiger charge is -2.16. The molecular weight excluding hydrogens is 379 g/mol. The van der Waals surface area contributed by atoms with Crippen LogP contribution in [-0.4, -0.2) is 46.9 Å². The number of nitrogens with zero attached hydrogens (tertiary/aromatic N) is 3. The third kappa shape index (κ3) is 5.95. The van der Waals surface area contributed by atoms with Crippen LogP contribution in [0.5, 0.6) is 0 Å². The molecule has 1 amide bonds. The first-order chi connectivity index (χ1) is 12.5. The molecule has 2 aromatic rings.